The number of ether oxygens (including phenoxy) is 3. The van der Waals surface area contributed by atoms with Crippen molar-refractivity contribution in [1.29, 1.82) is 0 Å². The van der Waals surface area contributed by atoms with Gasteiger partial charge in [-0.1, -0.05) is 6.07 Å². The Morgan fingerprint density at radius 1 is 1.10 bits per heavy atom. The predicted octanol–water partition coefficient (Wildman–Crippen LogP) is 2.45. The van der Waals surface area contributed by atoms with E-state index in [2.05, 4.69) is 9.97 Å². The lowest BCUT2D eigenvalue weighted by atomic mass is 9.97. The van der Waals surface area contributed by atoms with Crippen molar-refractivity contribution in [2.45, 2.75) is 12.8 Å². The van der Waals surface area contributed by atoms with E-state index in [-0.39, 0.29) is 18.6 Å². The maximum absolute atomic E-state index is 12.9. The van der Waals surface area contributed by atoms with Gasteiger partial charge in [-0.2, -0.15) is 4.98 Å². The Morgan fingerprint density at radius 2 is 1.90 bits per heavy atom. The van der Waals surface area contributed by atoms with Crippen molar-refractivity contribution in [3.63, 3.8) is 0 Å². The Labute approximate surface area is 178 Å². The highest BCUT2D eigenvalue weighted by Gasteiger charge is 2.26. The first kappa shape index (κ1) is 19.2. The van der Waals surface area contributed by atoms with Gasteiger partial charge >= 0.3 is 0 Å². The molecule has 0 saturated carbocycles. The van der Waals surface area contributed by atoms with E-state index < -0.39 is 0 Å². The fraction of sp³-hybridized carbons (Fsp3) is 0.318. The van der Waals surface area contributed by atoms with Crippen LogP contribution in [0, 0.1) is 5.92 Å². The Balaban J connectivity index is 1.20. The fourth-order valence-corrected chi connectivity index (χ4v) is 4.04. The molecule has 9 heteroatoms. The molecule has 0 spiro atoms. The molecule has 0 aliphatic carbocycles. The van der Waals surface area contributed by atoms with E-state index in [1.807, 2.05) is 23.1 Å². The zero-order chi connectivity index (χ0) is 21.4. The van der Waals surface area contributed by atoms with Crippen LogP contribution >= 0.6 is 0 Å². The summed E-state index contributed by atoms with van der Waals surface area (Å²) in [7, 11) is 0. The molecular weight excluding hydrogens is 398 g/mol. The average molecular weight is 421 g/mol. The molecule has 0 bridgehead atoms. The highest BCUT2D eigenvalue weighted by molar-refractivity contribution is 5.95. The zero-order valence-electron chi connectivity index (χ0n) is 16.9. The monoisotopic (exact) mass is 421 g/mol. The first-order valence-corrected chi connectivity index (χ1v) is 10.2. The van der Waals surface area contributed by atoms with Crippen molar-refractivity contribution >= 4 is 28.6 Å². The summed E-state index contributed by atoms with van der Waals surface area (Å²) in [5.41, 5.74) is 13.0. The maximum Gasteiger partial charge on any atom is 0.253 e. The standard InChI is InChI=1S/C22H23N5O4/c23-20-19-15(25-22(24)26-20)2-1-3-17(19)29-11-13-6-8-27(9-7-13)21(28)14-4-5-16-18(10-14)31-12-30-16/h1-5,10,13H,6-9,11-12H2,(H4,23,24,25,26). The third-order valence-corrected chi connectivity index (χ3v) is 5.73. The molecule has 1 saturated heterocycles. The van der Waals surface area contributed by atoms with Crippen LogP contribution in [0.3, 0.4) is 0 Å². The minimum absolute atomic E-state index is 0.00855. The molecule has 160 valence electrons. The number of aromatic nitrogens is 2. The van der Waals surface area contributed by atoms with Crippen LogP contribution in [0.25, 0.3) is 10.9 Å². The molecule has 2 aliphatic rings. The van der Waals surface area contributed by atoms with Gasteiger partial charge < -0.3 is 30.6 Å². The lowest BCUT2D eigenvalue weighted by Gasteiger charge is -2.32. The van der Waals surface area contributed by atoms with E-state index in [1.54, 1.807) is 18.2 Å². The summed E-state index contributed by atoms with van der Waals surface area (Å²) >= 11 is 0. The van der Waals surface area contributed by atoms with Crippen molar-refractivity contribution in [3.05, 3.63) is 42.0 Å². The number of hydrogen-bond acceptors (Lipinski definition) is 8. The van der Waals surface area contributed by atoms with Crippen LogP contribution in [0.15, 0.2) is 36.4 Å². The average Bonchev–Trinajstić information content (AvgIpc) is 3.25. The molecule has 1 amide bonds. The van der Waals surface area contributed by atoms with Crippen LogP contribution < -0.4 is 25.7 Å². The van der Waals surface area contributed by atoms with E-state index in [0.717, 1.165) is 12.8 Å². The zero-order valence-corrected chi connectivity index (χ0v) is 16.9. The molecule has 1 fully saturated rings. The quantitative estimate of drug-likeness (QED) is 0.658. The third-order valence-electron chi connectivity index (χ3n) is 5.73. The van der Waals surface area contributed by atoms with E-state index in [1.165, 1.54) is 0 Å². The lowest BCUT2D eigenvalue weighted by molar-refractivity contribution is 0.0661. The molecular formula is C22H23N5O4. The summed E-state index contributed by atoms with van der Waals surface area (Å²) in [6.45, 7) is 2.09. The van der Waals surface area contributed by atoms with Gasteiger partial charge in [-0.25, -0.2) is 4.98 Å². The second kappa shape index (κ2) is 7.82. The summed E-state index contributed by atoms with van der Waals surface area (Å²) in [6.07, 6.45) is 1.72. The molecule has 2 aromatic carbocycles. The number of nitrogen functional groups attached to an aromatic ring is 2. The predicted molar refractivity (Wildman–Crippen MR) is 115 cm³/mol. The number of rotatable bonds is 4. The lowest BCUT2D eigenvalue weighted by Crippen LogP contribution is -2.39. The van der Waals surface area contributed by atoms with Gasteiger partial charge in [0, 0.05) is 18.7 Å². The molecule has 9 nitrogen and oxygen atoms in total. The number of carbonyl (C=O) groups excluding carboxylic acids is 1. The molecule has 31 heavy (non-hydrogen) atoms. The molecule has 1 aromatic heterocycles. The maximum atomic E-state index is 12.9. The number of piperidine rings is 1. The highest BCUT2D eigenvalue weighted by atomic mass is 16.7. The number of hydrogen-bond donors (Lipinski definition) is 2. The normalized spacial score (nSPS) is 15.9. The van der Waals surface area contributed by atoms with Gasteiger partial charge in [0.25, 0.3) is 5.91 Å². The summed E-state index contributed by atoms with van der Waals surface area (Å²) in [4.78, 5) is 23.0. The molecule has 0 unspecified atom stereocenters. The number of anilines is 2. The van der Waals surface area contributed by atoms with Crippen LogP contribution in [0.2, 0.25) is 0 Å². The van der Waals surface area contributed by atoms with Crippen molar-refractivity contribution in [2.75, 3.05) is 38.0 Å². The van der Waals surface area contributed by atoms with Gasteiger partial charge in [0.1, 0.15) is 11.6 Å². The molecule has 0 radical (unpaired) electrons. The van der Waals surface area contributed by atoms with Crippen LogP contribution in [0.1, 0.15) is 23.2 Å². The Kier molecular flexibility index (Phi) is 4.85. The first-order chi connectivity index (χ1) is 15.1. The molecule has 2 aliphatic heterocycles. The Morgan fingerprint density at radius 3 is 2.74 bits per heavy atom. The number of fused-ring (bicyclic) bond motifs is 2. The second-order valence-electron chi connectivity index (χ2n) is 7.73. The Bertz CT molecular complexity index is 1140. The van der Waals surface area contributed by atoms with Crippen LogP contribution in [0.5, 0.6) is 17.2 Å². The summed E-state index contributed by atoms with van der Waals surface area (Å²) in [5.74, 6) is 2.74. The summed E-state index contributed by atoms with van der Waals surface area (Å²) in [6, 6.07) is 10.9. The van der Waals surface area contributed by atoms with E-state index in [4.69, 9.17) is 25.7 Å². The number of likely N-dealkylation sites (tertiary alicyclic amines) is 1. The third kappa shape index (κ3) is 3.74. The largest absolute Gasteiger partial charge is 0.492 e. The molecule has 3 heterocycles. The summed E-state index contributed by atoms with van der Waals surface area (Å²) in [5, 5.41) is 0.673. The molecule has 4 N–H and O–H groups in total. The number of amides is 1. The van der Waals surface area contributed by atoms with Gasteiger partial charge in [0.05, 0.1) is 17.5 Å². The molecule has 3 aromatic rings. The van der Waals surface area contributed by atoms with Crippen molar-refractivity contribution in [3.8, 4) is 17.2 Å². The van der Waals surface area contributed by atoms with Gasteiger partial charge in [-0.05, 0) is 49.1 Å². The van der Waals surface area contributed by atoms with Gasteiger partial charge in [-0.15, -0.1) is 0 Å². The first-order valence-electron chi connectivity index (χ1n) is 10.2. The number of benzene rings is 2. The van der Waals surface area contributed by atoms with Crippen LogP contribution in [-0.4, -0.2) is 47.3 Å². The van der Waals surface area contributed by atoms with Gasteiger partial charge in [-0.3, -0.25) is 4.79 Å². The molecule has 0 atom stereocenters. The van der Waals surface area contributed by atoms with E-state index in [0.29, 0.717) is 65.1 Å². The number of nitrogens with two attached hydrogens (primary N) is 2. The van der Waals surface area contributed by atoms with E-state index in [9.17, 15) is 4.79 Å². The van der Waals surface area contributed by atoms with Gasteiger partial charge in [0.15, 0.2) is 11.5 Å². The summed E-state index contributed by atoms with van der Waals surface area (Å²) < 4.78 is 16.8. The number of nitrogens with zero attached hydrogens (tertiary/aromatic N) is 3. The van der Waals surface area contributed by atoms with E-state index >= 15 is 0 Å². The Hall–Kier alpha value is -3.75. The van der Waals surface area contributed by atoms with Crippen molar-refractivity contribution < 1.29 is 19.0 Å². The fourth-order valence-electron chi connectivity index (χ4n) is 4.04. The van der Waals surface area contributed by atoms with Crippen molar-refractivity contribution in [1.82, 2.24) is 14.9 Å². The van der Waals surface area contributed by atoms with Gasteiger partial charge in [0.2, 0.25) is 12.7 Å². The second-order valence-corrected chi connectivity index (χ2v) is 7.73. The SMILES string of the molecule is Nc1nc(N)c2c(OCC3CCN(C(=O)c4ccc5c(c4)OCO5)CC3)cccc2n1. The number of carbonyl (C=O) groups is 1. The van der Waals surface area contributed by atoms with Crippen LogP contribution in [0.4, 0.5) is 11.8 Å². The highest BCUT2D eigenvalue weighted by Crippen LogP contribution is 2.33. The molecule has 5 rings (SSSR count). The van der Waals surface area contributed by atoms with Crippen LogP contribution in [-0.2, 0) is 0 Å². The minimum Gasteiger partial charge on any atom is -0.492 e. The van der Waals surface area contributed by atoms with Crippen molar-refractivity contribution in [2.24, 2.45) is 5.92 Å². The smallest absolute Gasteiger partial charge is 0.253 e. The minimum atomic E-state index is 0.00855. The topological polar surface area (TPSA) is 126 Å².